The molecular weight excluding hydrogens is 305 g/mol. The van der Waals surface area contributed by atoms with Crippen molar-refractivity contribution in [3.8, 4) is 0 Å². The summed E-state index contributed by atoms with van der Waals surface area (Å²) in [6, 6.07) is 0. The van der Waals surface area contributed by atoms with Crippen molar-refractivity contribution in [1.82, 2.24) is 19.5 Å². The van der Waals surface area contributed by atoms with Crippen LogP contribution in [0.2, 0.25) is 5.28 Å². The van der Waals surface area contributed by atoms with E-state index in [1.165, 1.54) is 17.8 Å². The predicted octanol–water partition coefficient (Wildman–Crippen LogP) is 0.0407. The number of rotatable bonds is 2. The van der Waals surface area contributed by atoms with Crippen LogP contribution in [0.25, 0.3) is 11.2 Å². The highest BCUT2D eigenvalue weighted by atomic mass is 35.5. The second-order valence-corrected chi connectivity index (χ2v) is 5.41. The van der Waals surface area contributed by atoms with E-state index >= 15 is 0 Å². The van der Waals surface area contributed by atoms with Gasteiger partial charge < -0.3 is 20.7 Å². The van der Waals surface area contributed by atoms with Crippen LogP contribution in [0.15, 0.2) is 6.33 Å². The van der Waals surface area contributed by atoms with Crippen LogP contribution in [0.1, 0.15) is 13.2 Å². The summed E-state index contributed by atoms with van der Waals surface area (Å²) in [6.07, 6.45) is -3.18. The lowest BCUT2D eigenvalue weighted by Crippen LogP contribution is -2.42. The first-order chi connectivity index (χ1) is 9.87. The largest absolute Gasteiger partial charge is 0.393 e. The van der Waals surface area contributed by atoms with Crippen molar-refractivity contribution in [2.24, 2.45) is 0 Å². The average Bonchev–Trinajstić information content (AvgIpc) is 2.95. The summed E-state index contributed by atoms with van der Waals surface area (Å²) in [5.74, 6) is 0.0580. The minimum absolute atomic E-state index is 0.0580. The van der Waals surface area contributed by atoms with Gasteiger partial charge in [0.15, 0.2) is 23.9 Å². The molecule has 2 aromatic heterocycles. The molecule has 21 heavy (non-hydrogen) atoms. The second kappa shape index (κ2) is 4.73. The van der Waals surface area contributed by atoms with Crippen molar-refractivity contribution in [2.75, 3.05) is 12.3 Å². The van der Waals surface area contributed by atoms with Crippen LogP contribution in [0.5, 0.6) is 0 Å². The third kappa shape index (κ3) is 2.04. The Balaban J connectivity index is 2.10. The van der Waals surface area contributed by atoms with Gasteiger partial charge >= 0.3 is 0 Å². The maximum absolute atomic E-state index is 14.3. The molecule has 1 fully saturated rings. The zero-order valence-electron chi connectivity index (χ0n) is 10.9. The first-order valence-electron chi connectivity index (χ1n) is 6.14. The number of hydrogen-bond donors (Lipinski definition) is 3. The standard InChI is InChI=1S/C11H13ClFN5O3/c1-11(2-19)6(20)4(13)9(21-11)18-3-15-5-7(14)16-10(12)17-8(5)18/h3-4,6,9,19-20H,2H2,1H3,(H2,14,16,17)/t4-,6+,9-,11-/m1/s1. The molecule has 0 radical (unpaired) electrons. The van der Waals surface area contributed by atoms with Crippen LogP contribution >= 0.6 is 11.6 Å². The lowest BCUT2D eigenvalue weighted by atomic mass is 9.99. The summed E-state index contributed by atoms with van der Waals surface area (Å²) in [7, 11) is 0. The van der Waals surface area contributed by atoms with E-state index < -0.39 is 30.7 Å². The molecule has 10 heteroatoms. The molecule has 1 saturated heterocycles. The van der Waals surface area contributed by atoms with E-state index in [0.717, 1.165) is 0 Å². The molecule has 0 aliphatic carbocycles. The molecule has 1 aliphatic rings. The lowest BCUT2D eigenvalue weighted by molar-refractivity contribution is -0.115. The molecule has 3 rings (SSSR count). The summed E-state index contributed by atoms with van der Waals surface area (Å²) in [5, 5.41) is 19.1. The number of nitrogen functional groups attached to an aromatic ring is 1. The normalized spacial score (nSPS) is 32.9. The van der Waals surface area contributed by atoms with E-state index in [1.807, 2.05) is 0 Å². The Morgan fingerprint density at radius 2 is 2.29 bits per heavy atom. The number of aliphatic hydroxyl groups is 2. The fraction of sp³-hybridized carbons (Fsp3) is 0.545. The number of nitrogens with two attached hydrogens (primary N) is 1. The van der Waals surface area contributed by atoms with Gasteiger partial charge in [-0.1, -0.05) is 0 Å². The zero-order valence-corrected chi connectivity index (χ0v) is 11.7. The highest BCUT2D eigenvalue weighted by Gasteiger charge is 2.53. The van der Waals surface area contributed by atoms with Gasteiger partial charge in [-0.15, -0.1) is 0 Å². The third-order valence-corrected chi connectivity index (χ3v) is 3.77. The molecule has 8 nitrogen and oxygen atoms in total. The van der Waals surface area contributed by atoms with Crippen molar-refractivity contribution >= 4 is 28.6 Å². The lowest BCUT2D eigenvalue weighted by Gasteiger charge is -2.24. The Morgan fingerprint density at radius 3 is 2.90 bits per heavy atom. The van der Waals surface area contributed by atoms with Crippen LogP contribution in [0.4, 0.5) is 10.2 Å². The van der Waals surface area contributed by atoms with Gasteiger partial charge in [0.2, 0.25) is 5.28 Å². The van der Waals surface area contributed by atoms with E-state index in [9.17, 15) is 14.6 Å². The van der Waals surface area contributed by atoms with Gasteiger partial charge in [0, 0.05) is 0 Å². The molecule has 3 heterocycles. The van der Waals surface area contributed by atoms with Crippen LogP contribution in [-0.4, -0.2) is 54.2 Å². The Kier molecular flexibility index (Phi) is 3.24. The Morgan fingerprint density at radius 1 is 1.57 bits per heavy atom. The molecule has 0 amide bonds. The summed E-state index contributed by atoms with van der Waals surface area (Å²) >= 11 is 5.74. The minimum atomic E-state index is -1.77. The van der Waals surface area contributed by atoms with Crippen LogP contribution in [0, 0.1) is 0 Å². The van der Waals surface area contributed by atoms with Crippen molar-refractivity contribution in [3.63, 3.8) is 0 Å². The number of ether oxygens (including phenoxy) is 1. The van der Waals surface area contributed by atoms with Gasteiger partial charge in [-0.2, -0.15) is 9.97 Å². The molecule has 114 valence electrons. The van der Waals surface area contributed by atoms with Gasteiger partial charge in [0.05, 0.1) is 12.9 Å². The van der Waals surface area contributed by atoms with Gasteiger partial charge in [-0.05, 0) is 18.5 Å². The number of aliphatic hydroxyl groups excluding tert-OH is 2. The van der Waals surface area contributed by atoms with Crippen molar-refractivity contribution < 1.29 is 19.3 Å². The van der Waals surface area contributed by atoms with E-state index in [0.29, 0.717) is 0 Å². The van der Waals surface area contributed by atoms with Gasteiger partial charge in [-0.25, -0.2) is 9.37 Å². The van der Waals surface area contributed by atoms with Gasteiger partial charge in [-0.3, -0.25) is 4.57 Å². The Labute approximate surface area is 123 Å². The van der Waals surface area contributed by atoms with E-state index in [1.54, 1.807) is 0 Å². The van der Waals surface area contributed by atoms with Crippen LogP contribution in [0.3, 0.4) is 0 Å². The molecule has 0 unspecified atom stereocenters. The predicted molar refractivity (Wildman–Crippen MR) is 71.3 cm³/mol. The van der Waals surface area contributed by atoms with E-state index in [2.05, 4.69) is 15.0 Å². The quantitative estimate of drug-likeness (QED) is 0.669. The van der Waals surface area contributed by atoms with Crippen molar-refractivity contribution in [2.45, 2.75) is 31.0 Å². The van der Waals surface area contributed by atoms with Crippen LogP contribution in [-0.2, 0) is 4.74 Å². The zero-order chi connectivity index (χ0) is 15.4. The summed E-state index contributed by atoms with van der Waals surface area (Å²) in [6.45, 7) is 0.884. The topological polar surface area (TPSA) is 119 Å². The number of aromatic nitrogens is 4. The second-order valence-electron chi connectivity index (χ2n) is 5.07. The molecule has 1 aliphatic heterocycles. The monoisotopic (exact) mass is 317 g/mol. The SMILES string of the molecule is C[C@]1(CO)O[C@@H](n2cnc3c(N)nc(Cl)nc32)[C@H](F)[C@@H]1O. The first-order valence-corrected chi connectivity index (χ1v) is 6.51. The Hall–Kier alpha value is -1.55. The number of fused-ring (bicyclic) bond motifs is 1. The number of imidazole rings is 1. The molecule has 2 aromatic rings. The fourth-order valence-electron chi connectivity index (χ4n) is 2.34. The third-order valence-electron chi connectivity index (χ3n) is 3.60. The molecular formula is C11H13ClFN5O3. The van der Waals surface area contributed by atoms with E-state index in [-0.39, 0.29) is 22.3 Å². The maximum atomic E-state index is 14.3. The number of anilines is 1. The molecule has 4 N–H and O–H groups in total. The maximum Gasteiger partial charge on any atom is 0.226 e. The van der Waals surface area contributed by atoms with Gasteiger partial charge in [0.1, 0.15) is 17.2 Å². The number of halogens is 2. The van der Waals surface area contributed by atoms with Crippen LogP contribution < -0.4 is 5.73 Å². The number of hydrogen-bond acceptors (Lipinski definition) is 7. The minimum Gasteiger partial charge on any atom is -0.393 e. The summed E-state index contributed by atoms with van der Waals surface area (Å²) in [4.78, 5) is 11.7. The molecule has 0 bridgehead atoms. The number of nitrogens with zero attached hydrogens (tertiary/aromatic N) is 4. The number of alkyl halides is 1. The first kappa shape index (κ1) is 14.4. The highest BCUT2D eigenvalue weighted by Crippen LogP contribution is 2.39. The molecule has 0 aromatic carbocycles. The fourth-order valence-corrected chi connectivity index (χ4v) is 2.51. The summed E-state index contributed by atoms with van der Waals surface area (Å²) < 4.78 is 21.0. The molecule has 0 saturated carbocycles. The van der Waals surface area contributed by atoms with E-state index in [4.69, 9.17) is 22.1 Å². The Bertz CT molecular complexity index is 698. The average molecular weight is 318 g/mol. The highest BCUT2D eigenvalue weighted by molar-refractivity contribution is 6.28. The van der Waals surface area contributed by atoms with Gasteiger partial charge in [0.25, 0.3) is 0 Å². The van der Waals surface area contributed by atoms with Crippen molar-refractivity contribution in [1.29, 1.82) is 0 Å². The smallest absolute Gasteiger partial charge is 0.226 e. The molecule has 0 spiro atoms. The molecule has 4 atom stereocenters. The summed E-state index contributed by atoms with van der Waals surface area (Å²) in [5.41, 5.74) is 4.70. The van der Waals surface area contributed by atoms with Crippen molar-refractivity contribution in [3.05, 3.63) is 11.6 Å².